The fraction of sp³-hybridized carbons (Fsp3) is 0.500. The van der Waals surface area contributed by atoms with Crippen LogP contribution in [0.5, 0.6) is 0 Å². The molecule has 0 atom stereocenters. The van der Waals surface area contributed by atoms with E-state index in [1.807, 2.05) is 0 Å². The van der Waals surface area contributed by atoms with Crippen molar-refractivity contribution in [2.75, 3.05) is 0 Å². The number of hydrogen-bond acceptors (Lipinski definition) is 1. The van der Waals surface area contributed by atoms with Crippen LogP contribution in [0.1, 0.15) is 61.6 Å². The number of carbonyl (C=O) groups excluding carboxylic acids is 1. The lowest BCUT2D eigenvalue weighted by Crippen LogP contribution is -1.86. The van der Waals surface area contributed by atoms with Crippen LogP contribution in [0.4, 0.5) is 0 Å². The minimum Gasteiger partial charge on any atom is -0.281 e. The maximum absolute atomic E-state index is 10.6. The highest BCUT2D eigenvalue weighted by Gasteiger charge is 1.96. The van der Waals surface area contributed by atoms with Crippen LogP contribution in [0.15, 0.2) is 24.3 Å². The topological polar surface area (TPSA) is 17.1 Å². The van der Waals surface area contributed by atoms with Crippen LogP contribution in [-0.4, -0.2) is 5.24 Å². The smallest absolute Gasteiger partial charge is 0.221 e. The molecule has 2 heteroatoms. The van der Waals surface area contributed by atoms with Gasteiger partial charge in [-0.2, -0.15) is 0 Å². The number of hydrogen-bond donors (Lipinski definition) is 0. The van der Waals surface area contributed by atoms with Gasteiger partial charge in [-0.25, -0.2) is 0 Å². The molecule has 20 heavy (non-hydrogen) atoms. The first-order valence-corrected chi connectivity index (χ1v) is 7.89. The van der Waals surface area contributed by atoms with Gasteiger partial charge >= 0.3 is 0 Å². The Hall–Kier alpha value is -1.08. The van der Waals surface area contributed by atoms with Gasteiger partial charge in [0.05, 0.1) is 0 Å². The molecule has 0 saturated heterocycles. The van der Waals surface area contributed by atoms with Gasteiger partial charge in [-0.05, 0) is 55.8 Å². The van der Waals surface area contributed by atoms with Gasteiger partial charge in [-0.3, -0.25) is 4.79 Å². The van der Waals surface area contributed by atoms with E-state index in [4.69, 9.17) is 11.6 Å². The first-order valence-electron chi connectivity index (χ1n) is 7.51. The number of halogens is 1. The third-order valence-corrected chi connectivity index (χ3v) is 3.67. The molecule has 0 amide bonds. The van der Waals surface area contributed by atoms with Crippen molar-refractivity contribution >= 4 is 22.9 Å². The molecule has 0 saturated carbocycles. The maximum Gasteiger partial charge on any atom is 0.221 e. The Morgan fingerprint density at radius 2 is 1.80 bits per heavy atom. The summed E-state index contributed by atoms with van der Waals surface area (Å²) in [6.07, 6.45) is 11.8. The van der Waals surface area contributed by atoms with E-state index in [1.54, 1.807) is 0 Å². The summed E-state index contributed by atoms with van der Waals surface area (Å²) in [5.41, 5.74) is 3.97. The summed E-state index contributed by atoms with van der Waals surface area (Å²) >= 11 is 5.29. The fourth-order valence-electron chi connectivity index (χ4n) is 2.21. The summed E-state index contributed by atoms with van der Waals surface area (Å²) in [6, 6.07) is 6.56. The van der Waals surface area contributed by atoms with Crippen molar-refractivity contribution in [3.05, 3.63) is 41.0 Å². The summed E-state index contributed by atoms with van der Waals surface area (Å²) < 4.78 is 0. The van der Waals surface area contributed by atoms with E-state index >= 15 is 0 Å². The van der Waals surface area contributed by atoms with Crippen molar-refractivity contribution in [1.82, 2.24) is 0 Å². The molecule has 1 aromatic rings. The molecule has 0 unspecified atom stereocenters. The van der Waals surface area contributed by atoms with Gasteiger partial charge in [-0.1, -0.05) is 55.2 Å². The third-order valence-electron chi connectivity index (χ3n) is 3.48. The molecule has 0 N–H and O–H groups in total. The molecule has 1 aromatic carbocycles. The van der Waals surface area contributed by atoms with E-state index in [-0.39, 0.29) is 5.24 Å². The highest BCUT2D eigenvalue weighted by Crippen LogP contribution is 2.14. The van der Waals surface area contributed by atoms with E-state index in [1.165, 1.54) is 36.0 Å². The Morgan fingerprint density at radius 1 is 1.10 bits per heavy atom. The average Bonchev–Trinajstić information content (AvgIpc) is 2.40. The average molecular weight is 293 g/mol. The van der Waals surface area contributed by atoms with Crippen LogP contribution >= 0.6 is 11.6 Å². The second-order valence-corrected chi connectivity index (χ2v) is 5.85. The summed E-state index contributed by atoms with van der Waals surface area (Å²) in [7, 11) is 0. The van der Waals surface area contributed by atoms with Gasteiger partial charge in [0.1, 0.15) is 0 Å². The van der Waals surface area contributed by atoms with Crippen molar-refractivity contribution in [1.29, 1.82) is 0 Å². The van der Waals surface area contributed by atoms with Gasteiger partial charge in [0, 0.05) is 6.42 Å². The molecule has 0 aliphatic carbocycles. The summed E-state index contributed by atoms with van der Waals surface area (Å²) in [5.74, 6) is 0. The Kier molecular flexibility index (Phi) is 8.29. The van der Waals surface area contributed by atoms with Crippen LogP contribution in [0, 0.1) is 13.8 Å². The van der Waals surface area contributed by atoms with E-state index in [2.05, 4.69) is 44.2 Å². The van der Waals surface area contributed by atoms with Crippen molar-refractivity contribution in [2.45, 2.75) is 58.8 Å². The predicted molar refractivity (Wildman–Crippen MR) is 88.1 cm³/mol. The maximum atomic E-state index is 10.6. The fourth-order valence-corrected chi connectivity index (χ4v) is 2.34. The third kappa shape index (κ3) is 7.49. The standard InChI is InChI=1S/C18H25ClO/c1-15-12-13-16(2)17(14-15)10-8-6-4-3-5-7-9-11-18(19)20/h8,10,12-14H,3-7,9,11H2,1-2H3. The van der Waals surface area contributed by atoms with Crippen LogP contribution in [0.3, 0.4) is 0 Å². The van der Waals surface area contributed by atoms with Crippen molar-refractivity contribution < 1.29 is 4.79 Å². The lowest BCUT2D eigenvalue weighted by atomic mass is 10.0. The zero-order valence-corrected chi connectivity index (χ0v) is 13.4. The first-order chi connectivity index (χ1) is 9.59. The molecule has 1 nitrogen and oxygen atoms in total. The zero-order chi connectivity index (χ0) is 14.8. The predicted octanol–water partition coefficient (Wildman–Crippen LogP) is 5.81. The van der Waals surface area contributed by atoms with E-state index in [0.29, 0.717) is 6.42 Å². The number of allylic oxidation sites excluding steroid dienone is 1. The second kappa shape index (κ2) is 9.77. The highest BCUT2D eigenvalue weighted by atomic mass is 35.5. The van der Waals surface area contributed by atoms with Gasteiger partial charge in [0.2, 0.25) is 5.24 Å². The normalized spacial score (nSPS) is 11.2. The zero-order valence-electron chi connectivity index (χ0n) is 12.6. The summed E-state index contributed by atoms with van der Waals surface area (Å²) in [5, 5.41) is -0.207. The van der Waals surface area contributed by atoms with Gasteiger partial charge < -0.3 is 0 Å². The van der Waals surface area contributed by atoms with Crippen LogP contribution in [0.25, 0.3) is 6.08 Å². The van der Waals surface area contributed by atoms with Crippen LogP contribution in [0.2, 0.25) is 0 Å². The molecule has 110 valence electrons. The summed E-state index contributed by atoms with van der Waals surface area (Å²) in [4.78, 5) is 10.6. The Balaban J connectivity index is 2.13. The molecule has 0 bridgehead atoms. The monoisotopic (exact) mass is 292 g/mol. The van der Waals surface area contributed by atoms with Crippen molar-refractivity contribution in [3.8, 4) is 0 Å². The van der Waals surface area contributed by atoms with Gasteiger partial charge in [0.25, 0.3) is 0 Å². The highest BCUT2D eigenvalue weighted by molar-refractivity contribution is 6.63. The lowest BCUT2D eigenvalue weighted by Gasteiger charge is -2.02. The van der Waals surface area contributed by atoms with E-state index in [9.17, 15) is 4.79 Å². The molecule has 1 rings (SSSR count). The minimum atomic E-state index is -0.207. The molecule has 0 aliphatic rings. The Bertz CT molecular complexity index is 449. The molecule has 0 aromatic heterocycles. The SMILES string of the molecule is Cc1ccc(C)c(C=CCCCCCCCC(=O)Cl)c1. The summed E-state index contributed by atoms with van der Waals surface area (Å²) in [6.45, 7) is 4.28. The lowest BCUT2D eigenvalue weighted by molar-refractivity contribution is -0.111. The molecular formula is C18H25ClO. The largest absolute Gasteiger partial charge is 0.281 e. The van der Waals surface area contributed by atoms with Gasteiger partial charge in [0.15, 0.2) is 0 Å². The number of aryl methyl sites for hydroxylation is 2. The number of carbonyl (C=O) groups is 1. The quantitative estimate of drug-likeness (QED) is 0.414. The Morgan fingerprint density at radius 3 is 2.55 bits per heavy atom. The van der Waals surface area contributed by atoms with E-state index < -0.39 is 0 Å². The molecule has 0 heterocycles. The molecule has 0 aliphatic heterocycles. The van der Waals surface area contributed by atoms with Gasteiger partial charge in [-0.15, -0.1) is 0 Å². The molecule has 0 spiro atoms. The Labute approximate surface area is 128 Å². The van der Waals surface area contributed by atoms with Crippen molar-refractivity contribution in [2.24, 2.45) is 0 Å². The van der Waals surface area contributed by atoms with Crippen LogP contribution < -0.4 is 0 Å². The molecular weight excluding hydrogens is 268 g/mol. The second-order valence-electron chi connectivity index (χ2n) is 5.42. The first kappa shape index (κ1) is 17.0. The van der Waals surface area contributed by atoms with E-state index in [0.717, 1.165) is 19.3 Å². The van der Waals surface area contributed by atoms with Crippen molar-refractivity contribution in [3.63, 3.8) is 0 Å². The minimum absolute atomic E-state index is 0.207. The number of benzene rings is 1. The van der Waals surface area contributed by atoms with Crippen LogP contribution in [-0.2, 0) is 4.79 Å². The molecule has 0 fully saturated rings. The molecule has 0 radical (unpaired) electrons. The number of unbranched alkanes of at least 4 members (excludes halogenated alkanes) is 5. The number of rotatable bonds is 9.